The van der Waals surface area contributed by atoms with E-state index in [1.165, 1.54) is 0 Å². The lowest BCUT2D eigenvalue weighted by Crippen LogP contribution is -2.29. The summed E-state index contributed by atoms with van der Waals surface area (Å²) in [4.78, 5) is 0. The molecule has 0 unspecified atom stereocenters. The van der Waals surface area contributed by atoms with Gasteiger partial charge in [-0.3, -0.25) is 0 Å². The summed E-state index contributed by atoms with van der Waals surface area (Å²) in [5.41, 5.74) is -0.738. The fourth-order valence-electron chi connectivity index (χ4n) is 0.492. The molecule has 1 rings (SSSR count). The van der Waals surface area contributed by atoms with Gasteiger partial charge in [0.2, 0.25) is 0 Å². The van der Waals surface area contributed by atoms with E-state index in [4.69, 9.17) is 32.7 Å². The van der Waals surface area contributed by atoms with E-state index in [1.807, 2.05) is 0 Å². The molecule has 0 spiro atoms. The first-order chi connectivity index (χ1) is 3.79. The van der Waals surface area contributed by atoms with Gasteiger partial charge >= 0.3 is 0 Å². The lowest BCUT2D eigenvalue weighted by atomic mass is 10.6. The first-order valence-electron chi connectivity index (χ1n) is 2.30. The van der Waals surface area contributed by atoms with E-state index in [9.17, 15) is 0 Å². The first kappa shape index (κ1) is 6.62. The molecule has 1 aliphatic heterocycles. The molecule has 0 amide bonds. The number of ether oxygens (including phenoxy) is 2. The Morgan fingerprint density at radius 1 is 1.12 bits per heavy atom. The summed E-state index contributed by atoms with van der Waals surface area (Å²) in [6.45, 7) is 0.871. The maximum absolute atomic E-state index is 5.48. The van der Waals surface area contributed by atoms with Crippen LogP contribution in [0, 0.1) is 0 Å². The highest BCUT2D eigenvalue weighted by atomic mass is 35.5. The van der Waals surface area contributed by atoms with Gasteiger partial charge in [0.1, 0.15) is 0 Å². The van der Waals surface area contributed by atoms with Crippen LogP contribution in [-0.2, 0) is 9.47 Å². The third-order valence-corrected chi connectivity index (χ3v) is 1.25. The first-order valence-corrected chi connectivity index (χ1v) is 3.17. The Labute approximate surface area is 57.7 Å². The number of halogens is 2. The maximum atomic E-state index is 5.48. The van der Waals surface area contributed by atoms with Crippen molar-refractivity contribution in [3.8, 4) is 0 Å². The molecule has 4 heteroatoms. The highest BCUT2D eigenvalue weighted by molar-refractivity contribution is 6.22. The lowest BCUT2D eigenvalue weighted by Gasteiger charge is -2.21. The molecule has 0 radical (unpaired) electrons. The van der Waals surface area contributed by atoms with Crippen molar-refractivity contribution in [1.29, 1.82) is 0 Å². The molecule has 2 atom stereocenters. The predicted octanol–water partition coefficient (Wildman–Crippen LogP) is 1.16. The second kappa shape index (κ2) is 2.87. The van der Waals surface area contributed by atoms with Crippen molar-refractivity contribution < 1.29 is 9.47 Å². The van der Waals surface area contributed by atoms with Gasteiger partial charge in [0.25, 0.3) is 0 Å². The van der Waals surface area contributed by atoms with Crippen molar-refractivity contribution in [1.82, 2.24) is 0 Å². The Bertz CT molecular complexity index is 70.4. The summed E-state index contributed by atoms with van der Waals surface area (Å²) in [6.07, 6.45) is 0. The van der Waals surface area contributed by atoms with E-state index in [-0.39, 0.29) is 11.1 Å². The van der Waals surface area contributed by atoms with Crippen LogP contribution in [0.3, 0.4) is 0 Å². The third kappa shape index (κ3) is 1.78. The Morgan fingerprint density at radius 3 is 1.88 bits per heavy atom. The molecule has 8 heavy (non-hydrogen) atoms. The van der Waals surface area contributed by atoms with Gasteiger partial charge in [0.15, 0.2) is 11.1 Å². The van der Waals surface area contributed by atoms with Crippen LogP contribution < -0.4 is 0 Å². The van der Waals surface area contributed by atoms with E-state index in [0.717, 1.165) is 0 Å². The van der Waals surface area contributed by atoms with E-state index in [1.54, 1.807) is 0 Å². The topological polar surface area (TPSA) is 18.5 Å². The van der Waals surface area contributed by atoms with Gasteiger partial charge in [-0.1, -0.05) is 23.2 Å². The Kier molecular flexibility index (Phi) is 2.38. The van der Waals surface area contributed by atoms with Gasteiger partial charge in [0.05, 0.1) is 13.2 Å². The van der Waals surface area contributed by atoms with Gasteiger partial charge < -0.3 is 9.47 Å². The minimum absolute atomic E-state index is 0.369. The monoisotopic (exact) mass is 156 g/mol. The van der Waals surface area contributed by atoms with Crippen molar-refractivity contribution in [2.45, 2.75) is 11.1 Å². The van der Waals surface area contributed by atoms with Crippen LogP contribution in [0.4, 0.5) is 0 Å². The molecule has 1 aliphatic rings. The van der Waals surface area contributed by atoms with Crippen LogP contribution in [0.15, 0.2) is 0 Å². The minimum atomic E-state index is -0.369. The fourth-order valence-corrected chi connectivity index (χ4v) is 0.971. The van der Waals surface area contributed by atoms with Crippen LogP contribution in [0.2, 0.25) is 0 Å². The zero-order valence-corrected chi connectivity index (χ0v) is 5.65. The summed E-state index contributed by atoms with van der Waals surface area (Å²) in [5, 5.41) is 0. The van der Waals surface area contributed by atoms with Crippen molar-refractivity contribution in [3.63, 3.8) is 0 Å². The molecule has 1 fully saturated rings. The number of alkyl halides is 2. The lowest BCUT2D eigenvalue weighted by molar-refractivity contribution is -0.0726. The minimum Gasteiger partial charge on any atom is -0.373 e. The molecule has 0 aromatic carbocycles. The predicted molar refractivity (Wildman–Crippen MR) is 31.2 cm³/mol. The second-order valence-corrected chi connectivity index (χ2v) is 2.47. The molecule has 0 saturated carbocycles. The van der Waals surface area contributed by atoms with Crippen LogP contribution in [0.1, 0.15) is 0 Å². The summed E-state index contributed by atoms with van der Waals surface area (Å²) in [6, 6.07) is 0. The second-order valence-electron chi connectivity index (χ2n) is 1.49. The summed E-state index contributed by atoms with van der Waals surface area (Å²) < 4.78 is 9.80. The maximum Gasteiger partial charge on any atom is 0.156 e. The van der Waals surface area contributed by atoms with Gasteiger partial charge in [-0.05, 0) is 0 Å². The van der Waals surface area contributed by atoms with E-state index in [2.05, 4.69) is 0 Å². The van der Waals surface area contributed by atoms with Crippen molar-refractivity contribution in [2.24, 2.45) is 0 Å². The van der Waals surface area contributed by atoms with Crippen LogP contribution in [0.5, 0.6) is 0 Å². The molecule has 48 valence electrons. The number of rotatable bonds is 0. The largest absolute Gasteiger partial charge is 0.373 e. The quantitative estimate of drug-likeness (QED) is 0.491. The summed E-state index contributed by atoms with van der Waals surface area (Å²) >= 11 is 11.0. The normalized spacial score (nSPS) is 39.8. The molecule has 0 N–H and O–H groups in total. The average Bonchev–Trinajstić information content (AvgIpc) is 1.64. The molecule has 0 bridgehead atoms. The Hall–Kier alpha value is 0.500. The van der Waals surface area contributed by atoms with E-state index in [0.29, 0.717) is 13.2 Å². The Balaban J connectivity index is 2.23. The van der Waals surface area contributed by atoms with Gasteiger partial charge in [-0.2, -0.15) is 0 Å². The smallest absolute Gasteiger partial charge is 0.156 e. The zero-order valence-electron chi connectivity index (χ0n) is 4.14. The van der Waals surface area contributed by atoms with Gasteiger partial charge in [-0.25, -0.2) is 0 Å². The SMILES string of the molecule is Cl[C@@H]1COC[C@@H](Cl)O1. The molecule has 1 heterocycles. The molecule has 1 saturated heterocycles. The molecule has 0 aromatic heterocycles. The number of hydrogen-bond acceptors (Lipinski definition) is 2. The number of hydrogen-bond donors (Lipinski definition) is 0. The summed E-state index contributed by atoms with van der Waals surface area (Å²) in [7, 11) is 0. The Morgan fingerprint density at radius 2 is 1.62 bits per heavy atom. The molecular weight excluding hydrogens is 151 g/mol. The fraction of sp³-hybridized carbons (Fsp3) is 1.00. The van der Waals surface area contributed by atoms with Crippen molar-refractivity contribution in [3.05, 3.63) is 0 Å². The van der Waals surface area contributed by atoms with Gasteiger partial charge in [-0.15, -0.1) is 0 Å². The standard InChI is InChI=1S/C4H6Cl2O2/c5-3-1-7-2-4(6)8-3/h3-4H,1-2H2/t3-,4-/m0/s1. The van der Waals surface area contributed by atoms with Crippen LogP contribution >= 0.6 is 23.2 Å². The van der Waals surface area contributed by atoms with Crippen LogP contribution in [0.25, 0.3) is 0 Å². The van der Waals surface area contributed by atoms with E-state index >= 15 is 0 Å². The highest BCUT2D eigenvalue weighted by Gasteiger charge is 2.17. The van der Waals surface area contributed by atoms with Gasteiger partial charge in [0, 0.05) is 0 Å². The molecule has 0 aliphatic carbocycles. The highest BCUT2D eigenvalue weighted by Crippen LogP contribution is 2.12. The van der Waals surface area contributed by atoms with E-state index < -0.39 is 0 Å². The van der Waals surface area contributed by atoms with Crippen molar-refractivity contribution in [2.75, 3.05) is 13.2 Å². The third-order valence-electron chi connectivity index (χ3n) is 0.793. The van der Waals surface area contributed by atoms with Crippen LogP contribution in [-0.4, -0.2) is 24.3 Å². The molecule has 0 aromatic rings. The van der Waals surface area contributed by atoms with Crippen molar-refractivity contribution >= 4 is 23.2 Å². The molecular formula is C4H6Cl2O2. The molecule has 2 nitrogen and oxygen atoms in total. The average molecular weight is 157 g/mol. The summed E-state index contributed by atoms with van der Waals surface area (Å²) in [5.74, 6) is 0. The zero-order chi connectivity index (χ0) is 5.98.